The minimum absolute atomic E-state index is 0.00311. The lowest BCUT2D eigenvalue weighted by atomic mass is 10.0. The van der Waals surface area contributed by atoms with Gasteiger partial charge in [0.2, 0.25) is 5.91 Å². The van der Waals surface area contributed by atoms with Crippen molar-refractivity contribution in [1.29, 1.82) is 0 Å². The molecule has 0 spiro atoms. The maximum absolute atomic E-state index is 12.8. The lowest BCUT2D eigenvalue weighted by Crippen LogP contribution is -2.41. The van der Waals surface area contributed by atoms with E-state index < -0.39 is 12.5 Å². The Hall–Kier alpha value is -2.45. The minimum Gasteiger partial charge on any atom is -0.453 e. The van der Waals surface area contributed by atoms with Crippen LogP contribution in [-0.2, 0) is 9.53 Å². The predicted octanol–water partition coefficient (Wildman–Crippen LogP) is 3.53. The van der Waals surface area contributed by atoms with Crippen molar-refractivity contribution in [2.75, 3.05) is 26.7 Å². The zero-order chi connectivity index (χ0) is 21.2. The van der Waals surface area contributed by atoms with Gasteiger partial charge in [0.25, 0.3) is 0 Å². The third-order valence-corrected chi connectivity index (χ3v) is 5.65. The van der Waals surface area contributed by atoms with Crippen LogP contribution < -0.4 is 10.1 Å². The van der Waals surface area contributed by atoms with Gasteiger partial charge in [0.05, 0.1) is 13.0 Å². The molecule has 1 heterocycles. The number of halogens is 3. The molecule has 0 unspecified atom stereocenters. The second-order valence-corrected chi connectivity index (χ2v) is 7.58. The van der Waals surface area contributed by atoms with Crippen LogP contribution in [0, 0.1) is 17.8 Å². The first-order valence-corrected chi connectivity index (χ1v) is 9.69. The average Bonchev–Trinajstić information content (AvgIpc) is 3.16. The number of nitrogens with zero attached hydrogens (tertiary/aromatic N) is 1. The molecule has 4 atom stereocenters. The summed E-state index contributed by atoms with van der Waals surface area (Å²) >= 11 is 0. The highest BCUT2D eigenvalue weighted by molar-refractivity contribution is 5.80. The van der Waals surface area contributed by atoms with Crippen molar-refractivity contribution in [3.8, 4) is 5.75 Å². The number of carbonyl (C=O) groups is 2. The molecule has 1 aliphatic carbocycles. The molecule has 9 heteroatoms. The largest absolute Gasteiger partial charge is 0.573 e. The highest BCUT2D eigenvalue weighted by atomic mass is 19.4. The molecule has 2 aliphatic rings. The molecule has 2 fully saturated rings. The number of ether oxygens (including phenoxy) is 2. The number of methoxy groups -OCH3 is 1. The summed E-state index contributed by atoms with van der Waals surface area (Å²) in [5.74, 6) is 0.118. The average molecular weight is 414 g/mol. The zero-order valence-electron chi connectivity index (χ0n) is 16.4. The fourth-order valence-corrected chi connectivity index (χ4v) is 4.32. The van der Waals surface area contributed by atoms with Crippen molar-refractivity contribution in [1.82, 2.24) is 10.2 Å². The van der Waals surface area contributed by atoms with E-state index >= 15 is 0 Å². The predicted molar refractivity (Wildman–Crippen MR) is 98.2 cm³/mol. The molecule has 1 N–H and O–H groups in total. The van der Waals surface area contributed by atoms with Crippen molar-refractivity contribution in [3.63, 3.8) is 0 Å². The van der Waals surface area contributed by atoms with Gasteiger partial charge in [-0.2, -0.15) is 0 Å². The number of amides is 2. The molecule has 6 nitrogen and oxygen atoms in total. The Kier molecular flexibility index (Phi) is 6.24. The van der Waals surface area contributed by atoms with E-state index in [-0.39, 0.29) is 41.9 Å². The van der Waals surface area contributed by atoms with E-state index in [4.69, 9.17) is 0 Å². The molecule has 1 saturated carbocycles. The van der Waals surface area contributed by atoms with Crippen LogP contribution in [0.3, 0.4) is 0 Å². The van der Waals surface area contributed by atoms with Gasteiger partial charge in [-0.15, -0.1) is 13.2 Å². The molecule has 1 aliphatic heterocycles. The topological polar surface area (TPSA) is 67.9 Å². The SMILES string of the molecule is CCC[C@H](CNC(=O)OC)C(=O)N1C[C@@H]2[C@H](C1)[C@H]2c1cccc(OC(F)(F)F)c1. The van der Waals surface area contributed by atoms with Crippen LogP contribution in [0.4, 0.5) is 18.0 Å². The van der Waals surface area contributed by atoms with E-state index in [1.165, 1.54) is 19.2 Å². The zero-order valence-corrected chi connectivity index (χ0v) is 16.4. The molecular weight excluding hydrogens is 389 g/mol. The summed E-state index contributed by atoms with van der Waals surface area (Å²) in [5.41, 5.74) is 0.811. The first-order valence-electron chi connectivity index (χ1n) is 9.69. The van der Waals surface area contributed by atoms with Gasteiger partial charge in [-0.1, -0.05) is 25.5 Å². The van der Waals surface area contributed by atoms with Gasteiger partial charge in [0.15, 0.2) is 0 Å². The third-order valence-electron chi connectivity index (χ3n) is 5.65. The monoisotopic (exact) mass is 414 g/mol. The maximum atomic E-state index is 12.8. The summed E-state index contributed by atoms with van der Waals surface area (Å²) in [6.45, 7) is 3.37. The molecular formula is C20H25F3N2O4. The van der Waals surface area contributed by atoms with Crippen LogP contribution in [0.5, 0.6) is 5.75 Å². The maximum Gasteiger partial charge on any atom is 0.573 e. The molecule has 0 radical (unpaired) electrons. The van der Waals surface area contributed by atoms with Crippen LogP contribution in [-0.4, -0.2) is 50.0 Å². The molecule has 1 aromatic carbocycles. The summed E-state index contributed by atoms with van der Waals surface area (Å²) in [5, 5.41) is 2.59. The number of carbonyl (C=O) groups excluding carboxylic acids is 2. The van der Waals surface area contributed by atoms with Crippen LogP contribution in [0.25, 0.3) is 0 Å². The fraction of sp³-hybridized carbons (Fsp3) is 0.600. The quantitative estimate of drug-likeness (QED) is 0.741. The fourth-order valence-electron chi connectivity index (χ4n) is 4.32. The van der Waals surface area contributed by atoms with Crippen LogP contribution in [0.1, 0.15) is 31.2 Å². The minimum atomic E-state index is -4.71. The Labute approximate surface area is 167 Å². The van der Waals surface area contributed by atoms with Crippen molar-refractivity contribution in [3.05, 3.63) is 29.8 Å². The molecule has 3 rings (SSSR count). The van der Waals surface area contributed by atoms with Crippen LogP contribution in [0.15, 0.2) is 24.3 Å². The Balaban J connectivity index is 1.57. The number of likely N-dealkylation sites (tertiary alicyclic amines) is 1. The Morgan fingerprint density at radius 1 is 1.28 bits per heavy atom. The number of alkyl halides is 3. The number of rotatable bonds is 7. The summed E-state index contributed by atoms with van der Waals surface area (Å²) < 4.78 is 45.9. The number of piperidine rings is 1. The van der Waals surface area contributed by atoms with E-state index in [1.54, 1.807) is 17.0 Å². The standard InChI is InChI=1S/C20H25F3N2O4/c1-3-5-13(9-24-19(27)28-2)18(26)25-10-15-16(11-25)17(15)12-6-4-7-14(8-12)29-20(21,22)23/h4,6-8,13,15-17H,3,5,9-11H2,1-2H3,(H,24,27)/t13-,15-,16+,17+/m1/s1. The van der Waals surface area contributed by atoms with Crippen molar-refractivity contribution >= 4 is 12.0 Å². The van der Waals surface area contributed by atoms with Gasteiger partial charge in [0.1, 0.15) is 5.75 Å². The van der Waals surface area contributed by atoms with Crippen LogP contribution in [0.2, 0.25) is 0 Å². The summed E-state index contributed by atoms with van der Waals surface area (Å²) in [6.07, 6.45) is -3.80. The number of fused-ring (bicyclic) bond motifs is 1. The second-order valence-electron chi connectivity index (χ2n) is 7.58. The van der Waals surface area contributed by atoms with Gasteiger partial charge >= 0.3 is 12.5 Å². The molecule has 1 aromatic rings. The molecule has 0 bridgehead atoms. The van der Waals surface area contributed by atoms with Crippen molar-refractivity contribution < 1.29 is 32.2 Å². The number of hydrogen-bond donors (Lipinski definition) is 1. The van der Waals surface area contributed by atoms with E-state index in [0.29, 0.717) is 19.5 Å². The summed E-state index contributed by atoms with van der Waals surface area (Å²) in [6, 6.07) is 6.08. The number of nitrogens with one attached hydrogen (secondary N) is 1. The lowest BCUT2D eigenvalue weighted by Gasteiger charge is -2.25. The Morgan fingerprint density at radius 2 is 1.97 bits per heavy atom. The normalized spacial score (nSPS) is 23.9. The summed E-state index contributed by atoms with van der Waals surface area (Å²) in [7, 11) is 1.27. The van der Waals surface area contributed by atoms with Gasteiger partial charge in [-0.05, 0) is 41.9 Å². The van der Waals surface area contributed by atoms with Gasteiger partial charge in [0, 0.05) is 19.6 Å². The second kappa shape index (κ2) is 8.51. The lowest BCUT2D eigenvalue weighted by molar-refractivity contribution is -0.274. The third kappa shape index (κ3) is 5.13. The first-order chi connectivity index (χ1) is 13.7. The van der Waals surface area contributed by atoms with Crippen molar-refractivity contribution in [2.24, 2.45) is 17.8 Å². The smallest absolute Gasteiger partial charge is 0.453 e. The highest BCUT2D eigenvalue weighted by Crippen LogP contribution is 2.58. The molecule has 29 heavy (non-hydrogen) atoms. The van der Waals surface area contributed by atoms with Gasteiger partial charge in [-0.3, -0.25) is 4.79 Å². The highest BCUT2D eigenvalue weighted by Gasteiger charge is 2.57. The summed E-state index contributed by atoms with van der Waals surface area (Å²) in [4.78, 5) is 26.0. The van der Waals surface area contributed by atoms with Crippen molar-refractivity contribution in [2.45, 2.75) is 32.0 Å². The number of alkyl carbamates (subject to hydrolysis) is 1. The van der Waals surface area contributed by atoms with Crippen LogP contribution >= 0.6 is 0 Å². The van der Waals surface area contributed by atoms with Gasteiger partial charge < -0.3 is 19.7 Å². The van der Waals surface area contributed by atoms with E-state index in [0.717, 1.165) is 12.0 Å². The first kappa shape index (κ1) is 21.3. The molecule has 0 aromatic heterocycles. The number of hydrogen-bond acceptors (Lipinski definition) is 4. The van der Waals surface area contributed by atoms with Gasteiger partial charge in [-0.25, -0.2) is 4.79 Å². The molecule has 160 valence electrons. The Bertz CT molecular complexity index is 743. The van der Waals surface area contributed by atoms with E-state index in [9.17, 15) is 22.8 Å². The molecule has 1 saturated heterocycles. The number of benzene rings is 1. The molecule has 2 amide bonds. The Morgan fingerprint density at radius 3 is 2.55 bits per heavy atom. The van der Waals surface area contributed by atoms with E-state index in [1.807, 2.05) is 6.92 Å². The van der Waals surface area contributed by atoms with E-state index in [2.05, 4.69) is 14.8 Å².